The number of aromatic nitrogens is 1. The molecule has 1 atom stereocenters. The second-order valence-electron chi connectivity index (χ2n) is 8.17. The summed E-state index contributed by atoms with van der Waals surface area (Å²) in [6.45, 7) is 3.73. The van der Waals surface area contributed by atoms with Gasteiger partial charge in [0.25, 0.3) is 5.91 Å². The third-order valence-electron chi connectivity index (χ3n) is 5.77. The van der Waals surface area contributed by atoms with Crippen LogP contribution in [-0.2, 0) is 19.1 Å². The molecule has 1 unspecified atom stereocenters. The number of amides is 2. The third kappa shape index (κ3) is 7.19. The zero-order chi connectivity index (χ0) is 25.4. The van der Waals surface area contributed by atoms with Crippen molar-refractivity contribution in [3.05, 3.63) is 40.0 Å². The number of ether oxygens (including phenoxy) is 2. The smallest absolute Gasteiger partial charge is 0.310 e. The van der Waals surface area contributed by atoms with Crippen LogP contribution in [-0.4, -0.2) is 79.2 Å². The molecule has 0 radical (unpaired) electrons. The van der Waals surface area contributed by atoms with Gasteiger partial charge >= 0.3 is 5.97 Å². The molecule has 9 nitrogen and oxygen atoms in total. The molecular weight excluding hydrogens is 497 g/mol. The summed E-state index contributed by atoms with van der Waals surface area (Å²) in [5.74, 6) is -0.770. The molecular formula is C24H29Cl2N3O6. The van der Waals surface area contributed by atoms with Gasteiger partial charge in [0.2, 0.25) is 5.91 Å². The Morgan fingerprint density at radius 3 is 2.74 bits per heavy atom. The van der Waals surface area contributed by atoms with Crippen molar-refractivity contribution >= 4 is 41.0 Å². The van der Waals surface area contributed by atoms with E-state index in [9.17, 15) is 14.4 Å². The second kappa shape index (κ2) is 12.9. The van der Waals surface area contributed by atoms with Crippen molar-refractivity contribution in [3.8, 4) is 11.3 Å². The summed E-state index contributed by atoms with van der Waals surface area (Å²) in [5.41, 5.74) is 0.650. The van der Waals surface area contributed by atoms with Crippen LogP contribution in [0.4, 0.5) is 0 Å². The first-order valence-corrected chi connectivity index (χ1v) is 12.2. The molecule has 0 aliphatic carbocycles. The summed E-state index contributed by atoms with van der Waals surface area (Å²) in [6.07, 6.45) is 1.54. The van der Waals surface area contributed by atoms with E-state index in [0.29, 0.717) is 54.1 Å². The number of carbonyl (C=O) groups is 3. The van der Waals surface area contributed by atoms with Crippen LogP contribution in [0.2, 0.25) is 10.0 Å². The molecule has 0 saturated carbocycles. The van der Waals surface area contributed by atoms with Crippen molar-refractivity contribution in [2.75, 3.05) is 46.5 Å². The number of hydrogen-bond acceptors (Lipinski definition) is 7. The maximum atomic E-state index is 13.1. The topological polar surface area (TPSA) is 102 Å². The highest BCUT2D eigenvalue weighted by Crippen LogP contribution is 2.31. The van der Waals surface area contributed by atoms with Gasteiger partial charge in [-0.15, -0.1) is 0 Å². The van der Waals surface area contributed by atoms with Gasteiger partial charge in [-0.2, -0.15) is 0 Å². The quantitative estimate of drug-likeness (QED) is 0.433. The lowest BCUT2D eigenvalue weighted by molar-refractivity contribution is -0.151. The lowest BCUT2D eigenvalue weighted by Crippen LogP contribution is -2.44. The largest absolute Gasteiger partial charge is 0.466 e. The van der Waals surface area contributed by atoms with Crippen molar-refractivity contribution in [2.24, 2.45) is 5.92 Å². The predicted molar refractivity (Wildman–Crippen MR) is 130 cm³/mol. The van der Waals surface area contributed by atoms with Gasteiger partial charge in [-0.05, 0) is 38.0 Å². The Morgan fingerprint density at radius 1 is 1.23 bits per heavy atom. The Balaban J connectivity index is 1.64. The van der Waals surface area contributed by atoms with E-state index in [1.807, 2.05) is 0 Å². The van der Waals surface area contributed by atoms with Crippen LogP contribution in [0.15, 0.2) is 28.8 Å². The monoisotopic (exact) mass is 525 g/mol. The molecule has 3 rings (SSSR count). The number of hydrogen-bond donors (Lipinski definition) is 0. The SMILES string of the molecule is CCOC(=O)C1CCCN(C(=O)CCN(CCOC)C(=O)c2cc(-c3ccc(Cl)cc3Cl)on2)C1. The van der Waals surface area contributed by atoms with E-state index in [4.69, 9.17) is 37.2 Å². The number of nitrogens with zero attached hydrogens (tertiary/aromatic N) is 3. The molecule has 1 aromatic heterocycles. The van der Waals surface area contributed by atoms with Crippen LogP contribution in [0.1, 0.15) is 36.7 Å². The molecule has 1 fully saturated rings. The predicted octanol–water partition coefficient (Wildman–Crippen LogP) is 3.93. The first-order valence-electron chi connectivity index (χ1n) is 11.5. The molecule has 2 aromatic rings. The molecule has 11 heteroatoms. The number of esters is 1. The average Bonchev–Trinajstić information content (AvgIpc) is 3.33. The first-order chi connectivity index (χ1) is 16.8. The first kappa shape index (κ1) is 27.0. The molecule has 0 bridgehead atoms. The normalized spacial score (nSPS) is 15.7. The van der Waals surface area contributed by atoms with Crippen molar-refractivity contribution < 1.29 is 28.4 Å². The molecule has 1 aromatic carbocycles. The molecule has 1 saturated heterocycles. The summed E-state index contributed by atoms with van der Waals surface area (Å²) in [7, 11) is 1.54. The standard InChI is InChI=1S/C24H29Cl2N3O6/c1-3-34-24(32)16-5-4-9-29(15-16)22(30)8-10-28(11-12-33-2)23(31)20-14-21(35-27-20)18-7-6-17(25)13-19(18)26/h6-7,13-14,16H,3-5,8-12,15H2,1-2H3. The summed E-state index contributed by atoms with van der Waals surface area (Å²) < 4.78 is 15.6. The fraction of sp³-hybridized carbons (Fsp3) is 0.500. The average molecular weight is 526 g/mol. The molecule has 0 N–H and O–H groups in total. The van der Waals surface area contributed by atoms with Gasteiger partial charge in [0.15, 0.2) is 11.5 Å². The van der Waals surface area contributed by atoms with Crippen LogP contribution in [0.5, 0.6) is 0 Å². The van der Waals surface area contributed by atoms with Gasteiger partial charge in [-0.25, -0.2) is 0 Å². The highest BCUT2D eigenvalue weighted by atomic mass is 35.5. The molecule has 2 amide bonds. The molecule has 35 heavy (non-hydrogen) atoms. The fourth-order valence-corrected chi connectivity index (χ4v) is 4.42. The highest BCUT2D eigenvalue weighted by molar-refractivity contribution is 6.36. The van der Waals surface area contributed by atoms with Crippen molar-refractivity contribution in [3.63, 3.8) is 0 Å². The Kier molecular flexibility index (Phi) is 9.94. The summed E-state index contributed by atoms with van der Waals surface area (Å²) in [5, 5.41) is 4.75. The Hall–Kier alpha value is -2.62. The van der Waals surface area contributed by atoms with E-state index in [0.717, 1.165) is 6.42 Å². The zero-order valence-electron chi connectivity index (χ0n) is 19.8. The van der Waals surface area contributed by atoms with Gasteiger partial charge in [0, 0.05) is 56.4 Å². The van der Waals surface area contributed by atoms with Crippen molar-refractivity contribution in [1.29, 1.82) is 0 Å². The molecule has 1 aliphatic heterocycles. The fourth-order valence-electron chi connectivity index (χ4n) is 3.92. The van der Waals surface area contributed by atoms with Crippen LogP contribution in [0.3, 0.4) is 0 Å². The number of benzene rings is 1. The van der Waals surface area contributed by atoms with Crippen molar-refractivity contribution in [1.82, 2.24) is 15.0 Å². The number of carbonyl (C=O) groups excluding carboxylic acids is 3. The molecule has 0 spiro atoms. The van der Waals surface area contributed by atoms with Crippen LogP contribution in [0.25, 0.3) is 11.3 Å². The van der Waals surface area contributed by atoms with E-state index in [1.165, 1.54) is 18.1 Å². The number of halogens is 2. The highest BCUT2D eigenvalue weighted by Gasteiger charge is 2.30. The Labute approximate surface area is 214 Å². The summed E-state index contributed by atoms with van der Waals surface area (Å²) >= 11 is 12.2. The Morgan fingerprint density at radius 2 is 2.03 bits per heavy atom. The molecule has 190 valence electrons. The number of likely N-dealkylation sites (tertiary alicyclic amines) is 1. The minimum absolute atomic E-state index is 0.0925. The summed E-state index contributed by atoms with van der Waals surface area (Å²) in [6, 6.07) is 6.43. The second-order valence-corrected chi connectivity index (χ2v) is 9.01. The number of piperidine rings is 1. The van der Waals surface area contributed by atoms with E-state index in [-0.39, 0.29) is 43.0 Å². The van der Waals surface area contributed by atoms with Gasteiger partial charge in [-0.1, -0.05) is 28.4 Å². The minimum atomic E-state index is -0.391. The Bertz CT molecular complexity index is 1040. The maximum Gasteiger partial charge on any atom is 0.310 e. The van der Waals surface area contributed by atoms with Gasteiger partial charge in [-0.3, -0.25) is 14.4 Å². The maximum absolute atomic E-state index is 13.1. The van der Waals surface area contributed by atoms with Gasteiger partial charge in [0.05, 0.1) is 24.2 Å². The molecule has 2 heterocycles. The van der Waals surface area contributed by atoms with Crippen molar-refractivity contribution in [2.45, 2.75) is 26.2 Å². The lowest BCUT2D eigenvalue weighted by atomic mass is 9.98. The number of methoxy groups -OCH3 is 1. The lowest BCUT2D eigenvalue weighted by Gasteiger charge is -2.32. The third-order valence-corrected chi connectivity index (χ3v) is 6.32. The molecule has 1 aliphatic rings. The van der Waals surface area contributed by atoms with Gasteiger partial charge in [0.1, 0.15) is 0 Å². The van der Waals surface area contributed by atoms with Gasteiger partial charge < -0.3 is 23.8 Å². The van der Waals surface area contributed by atoms with E-state index < -0.39 is 5.91 Å². The van der Waals surface area contributed by atoms with E-state index in [2.05, 4.69) is 5.16 Å². The van der Waals surface area contributed by atoms with Crippen LogP contribution in [0, 0.1) is 5.92 Å². The summed E-state index contributed by atoms with van der Waals surface area (Å²) in [4.78, 5) is 41.3. The zero-order valence-corrected chi connectivity index (χ0v) is 21.3. The minimum Gasteiger partial charge on any atom is -0.466 e. The van der Waals surface area contributed by atoms with E-state index in [1.54, 1.807) is 30.0 Å². The van der Waals surface area contributed by atoms with Crippen LogP contribution < -0.4 is 0 Å². The number of rotatable bonds is 10. The van der Waals surface area contributed by atoms with E-state index >= 15 is 0 Å². The van der Waals surface area contributed by atoms with Crippen LogP contribution >= 0.6 is 23.2 Å².